The second kappa shape index (κ2) is 7.09. The van der Waals surface area contributed by atoms with E-state index in [1.807, 2.05) is 0 Å². The molecule has 0 spiro atoms. The van der Waals surface area contributed by atoms with Crippen molar-refractivity contribution in [2.24, 2.45) is 0 Å². The van der Waals surface area contributed by atoms with Crippen molar-refractivity contribution in [1.29, 1.82) is 0 Å². The number of hydrogen-bond donors (Lipinski definition) is 1. The Bertz CT molecular complexity index is 393. The summed E-state index contributed by atoms with van der Waals surface area (Å²) in [5, 5.41) is 3.36. The van der Waals surface area contributed by atoms with E-state index in [1.54, 1.807) is 12.1 Å². The average molecular weight is 286 g/mol. The van der Waals surface area contributed by atoms with Crippen LogP contribution in [0.5, 0.6) is 0 Å². The molecule has 20 heavy (non-hydrogen) atoms. The van der Waals surface area contributed by atoms with Crippen LogP contribution in [0.4, 0.5) is 13.2 Å². The van der Waals surface area contributed by atoms with Crippen LogP contribution in [0.25, 0.3) is 0 Å². The van der Waals surface area contributed by atoms with E-state index in [4.69, 9.17) is 0 Å². The third-order valence-electron chi connectivity index (χ3n) is 3.65. The first-order valence-electron chi connectivity index (χ1n) is 7.15. The molecule has 0 radical (unpaired) electrons. The van der Waals surface area contributed by atoms with E-state index in [1.165, 1.54) is 18.6 Å². The number of alkyl halides is 3. The maximum absolute atomic E-state index is 12.4. The van der Waals surface area contributed by atoms with Gasteiger partial charge in [0.1, 0.15) is 0 Å². The van der Waals surface area contributed by atoms with Gasteiger partial charge >= 0.3 is 6.18 Å². The number of hydrogen-bond acceptors (Lipinski definition) is 2. The van der Waals surface area contributed by atoms with Gasteiger partial charge in [-0.2, -0.15) is 13.2 Å². The Balaban J connectivity index is 1.76. The average Bonchev–Trinajstić information content (AvgIpc) is 2.67. The molecule has 0 atom stereocenters. The maximum atomic E-state index is 12.4. The van der Waals surface area contributed by atoms with Gasteiger partial charge in [0.25, 0.3) is 0 Å². The molecule has 0 bridgehead atoms. The molecule has 1 saturated heterocycles. The third-order valence-corrected chi connectivity index (χ3v) is 3.65. The lowest BCUT2D eigenvalue weighted by atomic mass is 10.1. The van der Waals surface area contributed by atoms with E-state index in [2.05, 4.69) is 10.2 Å². The first-order chi connectivity index (χ1) is 9.55. The fourth-order valence-corrected chi connectivity index (χ4v) is 2.49. The van der Waals surface area contributed by atoms with Crippen molar-refractivity contribution >= 4 is 0 Å². The van der Waals surface area contributed by atoms with Crippen LogP contribution in [0.3, 0.4) is 0 Å². The van der Waals surface area contributed by atoms with Gasteiger partial charge in [0.05, 0.1) is 5.56 Å². The van der Waals surface area contributed by atoms with Gasteiger partial charge in [0.15, 0.2) is 0 Å². The minimum absolute atomic E-state index is 0.570. The number of aryl methyl sites for hydroxylation is 1. The predicted molar refractivity (Wildman–Crippen MR) is 73.7 cm³/mol. The van der Waals surface area contributed by atoms with Gasteiger partial charge in [-0.05, 0) is 56.6 Å². The van der Waals surface area contributed by atoms with Crippen molar-refractivity contribution in [3.63, 3.8) is 0 Å². The maximum Gasteiger partial charge on any atom is 0.416 e. The summed E-state index contributed by atoms with van der Waals surface area (Å²) in [5.41, 5.74) is 0.408. The lowest BCUT2D eigenvalue weighted by Crippen LogP contribution is -2.29. The molecule has 1 aromatic carbocycles. The summed E-state index contributed by atoms with van der Waals surface area (Å²) in [6, 6.07) is 5.52. The fourth-order valence-electron chi connectivity index (χ4n) is 2.49. The number of benzene rings is 1. The van der Waals surface area contributed by atoms with E-state index in [0.717, 1.165) is 51.1 Å². The highest BCUT2D eigenvalue weighted by atomic mass is 19.4. The first-order valence-corrected chi connectivity index (χ1v) is 7.15. The molecule has 2 nitrogen and oxygen atoms in total. The molecule has 112 valence electrons. The lowest BCUT2D eigenvalue weighted by Gasteiger charge is -2.19. The van der Waals surface area contributed by atoms with Crippen LogP contribution >= 0.6 is 0 Å². The molecule has 1 heterocycles. The van der Waals surface area contributed by atoms with Crippen LogP contribution in [0.1, 0.15) is 24.0 Å². The van der Waals surface area contributed by atoms with Crippen molar-refractivity contribution in [1.82, 2.24) is 10.2 Å². The molecular weight excluding hydrogens is 265 g/mol. The molecule has 0 aliphatic carbocycles. The van der Waals surface area contributed by atoms with Crippen LogP contribution in [0.2, 0.25) is 0 Å². The van der Waals surface area contributed by atoms with Gasteiger partial charge in [0, 0.05) is 13.1 Å². The van der Waals surface area contributed by atoms with Gasteiger partial charge < -0.3 is 10.2 Å². The fraction of sp³-hybridized carbons (Fsp3) is 0.600. The molecule has 1 aliphatic rings. The van der Waals surface area contributed by atoms with Gasteiger partial charge in [-0.15, -0.1) is 0 Å². The second-order valence-electron chi connectivity index (χ2n) is 5.24. The van der Waals surface area contributed by atoms with Crippen LogP contribution in [-0.2, 0) is 12.6 Å². The molecule has 0 unspecified atom stereocenters. The summed E-state index contributed by atoms with van der Waals surface area (Å²) in [5.74, 6) is 0. The second-order valence-corrected chi connectivity index (χ2v) is 5.24. The smallest absolute Gasteiger partial charge is 0.315 e. The van der Waals surface area contributed by atoms with Crippen LogP contribution in [0.15, 0.2) is 24.3 Å². The summed E-state index contributed by atoms with van der Waals surface area (Å²) >= 11 is 0. The molecule has 0 aromatic heterocycles. The Morgan fingerprint density at radius 1 is 1.05 bits per heavy atom. The molecule has 1 N–H and O–H groups in total. The normalized spacial score (nSPS) is 17.9. The highest BCUT2D eigenvalue weighted by Crippen LogP contribution is 2.29. The van der Waals surface area contributed by atoms with E-state index < -0.39 is 11.7 Å². The van der Waals surface area contributed by atoms with Gasteiger partial charge in [0.2, 0.25) is 0 Å². The zero-order valence-corrected chi connectivity index (χ0v) is 11.5. The molecular formula is C15H21F3N2. The molecule has 1 aliphatic heterocycles. The van der Waals surface area contributed by atoms with Crippen molar-refractivity contribution < 1.29 is 13.2 Å². The third kappa shape index (κ3) is 4.80. The Kier molecular flexibility index (Phi) is 5.43. The zero-order chi connectivity index (χ0) is 14.4. The summed E-state index contributed by atoms with van der Waals surface area (Å²) in [6.45, 7) is 5.30. The quantitative estimate of drug-likeness (QED) is 0.915. The number of rotatable bonds is 4. The predicted octanol–water partition coefficient (Wildman–Crippen LogP) is 2.93. The van der Waals surface area contributed by atoms with Crippen molar-refractivity contribution in [3.8, 4) is 0 Å². The SMILES string of the molecule is FC(F)(F)c1ccc(CCCN2CCCNCC2)cc1. The highest BCUT2D eigenvalue weighted by Gasteiger charge is 2.29. The summed E-state index contributed by atoms with van der Waals surface area (Å²) < 4.78 is 37.3. The van der Waals surface area contributed by atoms with Gasteiger partial charge in [-0.1, -0.05) is 12.1 Å². The van der Waals surface area contributed by atoms with Crippen LogP contribution < -0.4 is 5.32 Å². The van der Waals surface area contributed by atoms with E-state index in [0.29, 0.717) is 0 Å². The number of nitrogens with zero attached hydrogens (tertiary/aromatic N) is 1. The van der Waals surface area contributed by atoms with Crippen molar-refractivity contribution in [2.45, 2.75) is 25.4 Å². The van der Waals surface area contributed by atoms with E-state index >= 15 is 0 Å². The largest absolute Gasteiger partial charge is 0.416 e. The Morgan fingerprint density at radius 3 is 2.50 bits per heavy atom. The minimum Gasteiger partial charge on any atom is -0.315 e. The van der Waals surface area contributed by atoms with E-state index in [9.17, 15) is 13.2 Å². The summed E-state index contributed by atoms with van der Waals surface area (Å²) in [4.78, 5) is 2.42. The molecule has 5 heteroatoms. The van der Waals surface area contributed by atoms with E-state index in [-0.39, 0.29) is 0 Å². The zero-order valence-electron chi connectivity index (χ0n) is 11.5. The highest BCUT2D eigenvalue weighted by molar-refractivity contribution is 5.24. The molecule has 1 fully saturated rings. The Labute approximate surface area is 118 Å². The standard InChI is InChI=1S/C15H21F3N2/c16-15(17,18)14-6-4-13(5-7-14)3-1-10-20-11-2-8-19-9-12-20/h4-7,19H,1-3,8-12H2. The molecule has 1 aromatic rings. The van der Waals surface area contributed by atoms with Crippen LogP contribution in [0, 0.1) is 0 Å². The number of nitrogens with one attached hydrogen (secondary N) is 1. The lowest BCUT2D eigenvalue weighted by molar-refractivity contribution is -0.137. The summed E-state index contributed by atoms with van der Waals surface area (Å²) in [6.07, 6.45) is -1.24. The molecule has 0 saturated carbocycles. The Morgan fingerprint density at radius 2 is 1.80 bits per heavy atom. The first kappa shape index (κ1) is 15.3. The van der Waals surface area contributed by atoms with Gasteiger partial charge in [-0.3, -0.25) is 0 Å². The summed E-state index contributed by atoms with van der Waals surface area (Å²) in [7, 11) is 0. The number of halogens is 3. The van der Waals surface area contributed by atoms with Crippen molar-refractivity contribution in [3.05, 3.63) is 35.4 Å². The minimum atomic E-state index is -4.24. The topological polar surface area (TPSA) is 15.3 Å². The molecule has 2 rings (SSSR count). The van der Waals surface area contributed by atoms with Crippen molar-refractivity contribution in [2.75, 3.05) is 32.7 Å². The Hall–Kier alpha value is -1.07. The van der Waals surface area contributed by atoms with Gasteiger partial charge in [-0.25, -0.2) is 0 Å². The molecule has 0 amide bonds. The monoisotopic (exact) mass is 286 g/mol. The van der Waals surface area contributed by atoms with Crippen LogP contribution in [-0.4, -0.2) is 37.6 Å².